The maximum Gasteiger partial charge on any atom is 0.328 e. The minimum absolute atomic E-state index is 0.282. The van der Waals surface area contributed by atoms with Gasteiger partial charge in [-0.15, -0.1) is 11.3 Å². The Morgan fingerprint density at radius 1 is 1.38 bits per heavy atom. The molecule has 0 aliphatic carbocycles. The van der Waals surface area contributed by atoms with Crippen molar-refractivity contribution in [2.45, 2.75) is 6.54 Å². The number of rotatable bonds is 2. The van der Waals surface area contributed by atoms with Gasteiger partial charge in [-0.3, -0.25) is 9.36 Å². The zero-order chi connectivity index (χ0) is 11.7. The molecule has 0 spiro atoms. The molecule has 2 heterocycles. The predicted molar refractivity (Wildman–Crippen MR) is 70.1 cm³/mol. The van der Waals surface area contributed by atoms with Crippen LogP contribution in [0.5, 0.6) is 0 Å². The van der Waals surface area contributed by atoms with Crippen LogP contribution in [0.2, 0.25) is 0 Å². The maximum absolute atomic E-state index is 11.7. The van der Waals surface area contributed by atoms with E-state index in [-0.39, 0.29) is 12.1 Å². The molecule has 0 fully saturated rings. The van der Waals surface area contributed by atoms with Crippen LogP contribution in [0.4, 0.5) is 0 Å². The van der Waals surface area contributed by atoms with Crippen molar-refractivity contribution in [3.8, 4) is 0 Å². The lowest BCUT2D eigenvalue weighted by atomic mass is 10.4. The van der Waals surface area contributed by atoms with Crippen molar-refractivity contribution in [1.29, 1.82) is 0 Å². The van der Waals surface area contributed by atoms with Crippen molar-refractivity contribution in [2.24, 2.45) is 0 Å². The molecule has 1 N–H and O–H groups in total. The molecule has 84 valence electrons. The molecule has 4 nitrogen and oxygen atoms in total. The Bertz CT molecular complexity index is 629. The lowest BCUT2D eigenvalue weighted by Crippen LogP contribution is -2.35. The first-order chi connectivity index (χ1) is 7.58. The molecule has 0 saturated carbocycles. The van der Waals surface area contributed by atoms with Gasteiger partial charge >= 0.3 is 5.69 Å². The van der Waals surface area contributed by atoms with Gasteiger partial charge in [0.2, 0.25) is 0 Å². The normalized spacial score (nSPS) is 10.6. The van der Waals surface area contributed by atoms with Gasteiger partial charge in [0, 0.05) is 20.9 Å². The van der Waals surface area contributed by atoms with E-state index in [1.54, 1.807) is 0 Å². The summed E-state index contributed by atoms with van der Waals surface area (Å²) < 4.78 is 2.46. The van der Waals surface area contributed by atoms with Crippen LogP contribution in [0.25, 0.3) is 0 Å². The second kappa shape index (κ2) is 4.68. The Kier molecular flexibility index (Phi) is 3.46. The van der Waals surface area contributed by atoms with Crippen LogP contribution in [0, 0.1) is 0 Å². The first kappa shape index (κ1) is 11.8. The van der Waals surface area contributed by atoms with Gasteiger partial charge in [-0.2, -0.15) is 0 Å². The van der Waals surface area contributed by atoms with Crippen LogP contribution in [0.15, 0.2) is 36.2 Å². The summed E-state index contributed by atoms with van der Waals surface area (Å²) in [6.45, 7) is 0.282. The average Bonchev–Trinajstić information content (AvgIpc) is 2.65. The van der Waals surface area contributed by atoms with E-state index in [1.807, 2.05) is 11.4 Å². The zero-order valence-corrected chi connectivity index (χ0v) is 11.9. The topological polar surface area (TPSA) is 54.9 Å². The van der Waals surface area contributed by atoms with Crippen molar-refractivity contribution in [3.63, 3.8) is 0 Å². The van der Waals surface area contributed by atoms with Gasteiger partial charge in [0.25, 0.3) is 5.56 Å². The summed E-state index contributed by atoms with van der Waals surface area (Å²) in [5.74, 6) is 0. The Hall–Kier alpha value is -0.660. The summed E-state index contributed by atoms with van der Waals surface area (Å²) >= 11 is 7.91. The molecule has 0 atom stereocenters. The number of hydrogen-bond donors (Lipinski definition) is 1. The van der Waals surface area contributed by atoms with Crippen molar-refractivity contribution in [2.75, 3.05) is 0 Å². The van der Waals surface area contributed by atoms with Gasteiger partial charge in [0.1, 0.15) is 0 Å². The SMILES string of the molecule is O=c1[nH]cc(Br)c(=O)n1Cc1cc(Br)cs1. The van der Waals surface area contributed by atoms with Gasteiger partial charge < -0.3 is 4.98 Å². The van der Waals surface area contributed by atoms with Gasteiger partial charge in [-0.05, 0) is 37.9 Å². The molecule has 0 saturated heterocycles. The predicted octanol–water partition coefficient (Wildman–Crippen LogP) is 2.17. The van der Waals surface area contributed by atoms with Gasteiger partial charge in [-0.25, -0.2) is 4.79 Å². The second-order valence-electron chi connectivity index (χ2n) is 3.06. The number of thiophene rings is 1. The number of halogens is 2. The number of aromatic nitrogens is 2. The van der Waals surface area contributed by atoms with E-state index < -0.39 is 5.69 Å². The fourth-order valence-corrected chi connectivity index (χ4v) is 2.99. The van der Waals surface area contributed by atoms with Crippen LogP contribution in [0.1, 0.15) is 4.88 Å². The standard InChI is InChI=1S/C9H6Br2N2O2S/c10-5-1-6(16-4-5)3-13-8(14)7(11)2-12-9(13)15/h1-2,4H,3H2,(H,12,15). The first-order valence-electron chi connectivity index (χ1n) is 4.29. The summed E-state index contributed by atoms with van der Waals surface area (Å²) in [5, 5.41) is 1.91. The van der Waals surface area contributed by atoms with Crippen LogP contribution in [0.3, 0.4) is 0 Å². The van der Waals surface area contributed by atoms with Crippen LogP contribution in [-0.2, 0) is 6.54 Å². The minimum atomic E-state index is -0.405. The van der Waals surface area contributed by atoms with Crippen LogP contribution >= 0.6 is 43.2 Å². The van der Waals surface area contributed by atoms with Gasteiger partial charge in [0.05, 0.1) is 11.0 Å². The summed E-state index contributed by atoms with van der Waals surface area (Å²) in [6, 6.07) is 1.89. The van der Waals surface area contributed by atoms with Gasteiger partial charge in [0.15, 0.2) is 0 Å². The molecule has 7 heteroatoms. The highest BCUT2D eigenvalue weighted by molar-refractivity contribution is 9.10. The highest BCUT2D eigenvalue weighted by Gasteiger charge is 2.07. The Labute approximate surface area is 111 Å². The summed E-state index contributed by atoms with van der Waals surface area (Å²) in [6.07, 6.45) is 1.35. The minimum Gasteiger partial charge on any atom is -0.313 e. The quantitative estimate of drug-likeness (QED) is 0.886. The molecule has 0 unspecified atom stereocenters. The van der Waals surface area contributed by atoms with E-state index in [9.17, 15) is 9.59 Å². The number of H-pyrrole nitrogens is 1. The first-order valence-corrected chi connectivity index (χ1v) is 6.75. The zero-order valence-electron chi connectivity index (χ0n) is 7.87. The molecule has 2 aromatic rings. The average molecular weight is 366 g/mol. The fourth-order valence-electron chi connectivity index (χ4n) is 1.22. The third kappa shape index (κ3) is 2.36. The second-order valence-corrected chi connectivity index (χ2v) is 5.83. The molecule has 2 aromatic heterocycles. The smallest absolute Gasteiger partial charge is 0.313 e. The van der Waals surface area contributed by atoms with E-state index in [4.69, 9.17) is 0 Å². The van der Waals surface area contributed by atoms with E-state index in [1.165, 1.54) is 17.5 Å². The number of nitrogens with zero attached hydrogens (tertiary/aromatic N) is 1. The molecule has 0 aliphatic heterocycles. The highest BCUT2D eigenvalue weighted by Crippen LogP contribution is 2.19. The number of nitrogens with one attached hydrogen (secondary N) is 1. The van der Waals surface area contributed by atoms with E-state index in [0.717, 1.165) is 13.9 Å². The Balaban J connectivity index is 2.46. The number of hydrogen-bond acceptors (Lipinski definition) is 3. The monoisotopic (exact) mass is 364 g/mol. The maximum atomic E-state index is 11.7. The number of aromatic amines is 1. The van der Waals surface area contributed by atoms with Crippen molar-refractivity contribution in [3.05, 3.63) is 52.3 Å². The third-order valence-electron chi connectivity index (χ3n) is 1.95. The van der Waals surface area contributed by atoms with Gasteiger partial charge in [-0.1, -0.05) is 0 Å². The van der Waals surface area contributed by atoms with Crippen molar-refractivity contribution >= 4 is 43.2 Å². The third-order valence-corrected chi connectivity index (χ3v) is 4.20. The van der Waals surface area contributed by atoms with Crippen molar-refractivity contribution < 1.29 is 0 Å². The molecular formula is C9H6Br2N2O2S. The lowest BCUT2D eigenvalue weighted by Gasteiger charge is -2.01. The molecule has 0 aromatic carbocycles. The highest BCUT2D eigenvalue weighted by atomic mass is 79.9. The Morgan fingerprint density at radius 3 is 2.75 bits per heavy atom. The molecule has 2 rings (SSSR count). The van der Waals surface area contributed by atoms with Crippen LogP contribution in [-0.4, -0.2) is 9.55 Å². The van der Waals surface area contributed by atoms with Crippen molar-refractivity contribution in [1.82, 2.24) is 9.55 Å². The molecule has 16 heavy (non-hydrogen) atoms. The summed E-state index contributed by atoms with van der Waals surface area (Å²) in [4.78, 5) is 26.6. The largest absolute Gasteiger partial charge is 0.328 e. The fraction of sp³-hybridized carbons (Fsp3) is 0.111. The molecule has 0 bridgehead atoms. The van der Waals surface area contributed by atoms with E-state index in [0.29, 0.717) is 4.47 Å². The van der Waals surface area contributed by atoms with E-state index >= 15 is 0 Å². The Morgan fingerprint density at radius 2 is 2.12 bits per heavy atom. The summed E-state index contributed by atoms with van der Waals surface area (Å²) in [5.41, 5.74) is -0.731. The van der Waals surface area contributed by atoms with Crippen LogP contribution < -0.4 is 11.2 Å². The molecule has 0 aliphatic rings. The molecule has 0 amide bonds. The van der Waals surface area contributed by atoms with E-state index in [2.05, 4.69) is 36.8 Å². The lowest BCUT2D eigenvalue weighted by molar-refractivity contribution is 0.701. The molecule has 0 radical (unpaired) electrons. The molecular weight excluding hydrogens is 360 g/mol. The summed E-state index contributed by atoms with van der Waals surface area (Å²) in [7, 11) is 0.